The van der Waals surface area contributed by atoms with Gasteiger partial charge in [0, 0.05) is 19.8 Å². The zero-order valence-electron chi connectivity index (χ0n) is 9.75. The van der Waals surface area contributed by atoms with Gasteiger partial charge in [-0.1, -0.05) is 0 Å². The van der Waals surface area contributed by atoms with Gasteiger partial charge < -0.3 is 13.3 Å². The predicted molar refractivity (Wildman–Crippen MR) is 69.1 cm³/mol. The Bertz CT molecular complexity index is 108. The Morgan fingerprint density at radius 2 is 1.36 bits per heavy atom. The predicted octanol–water partition coefficient (Wildman–Crippen LogP) is -0.488. The molecule has 0 aliphatic carbocycles. The third kappa shape index (κ3) is 9.10. The summed E-state index contributed by atoms with van der Waals surface area (Å²) in [6, 6.07) is 1.28. The van der Waals surface area contributed by atoms with E-state index in [0.29, 0.717) is 0 Å². The standard InChI is InChI=1S/C8H24O3Si3/c1-4-9-12-7-8(13-10-5-2)14-11-6-3/h8H,4-7,12-14H2,1-3H3. The highest BCUT2D eigenvalue weighted by molar-refractivity contribution is 6.54. The summed E-state index contributed by atoms with van der Waals surface area (Å²) >= 11 is 0. The molecular formula is C8H24O3Si3. The second-order valence-electron chi connectivity index (χ2n) is 3.17. The van der Waals surface area contributed by atoms with Gasteiger partial charge in [-0.05, 0) is 32.0 Å². The van der Waals surface area contributed by atoms with Gasteiger partial charge in [0.05, 0.1) is 0 Å². The molecular weight excluding hydrogens is 228 g/mol. The van der Waals surface area contributed by atoms with E-state index in [9.17, 15) is 0 Å². The van der Waals surface area contributed by atoms with Crippen LogP contribution in [0.25, 0.3) is 0 Å². The maximum absolute atomic E-state index is 5.58. The van der Waals surface area contributed by atoms with Gasteiger partial charge in [-0.25, -0.2) is 0 Å². The lowest BCUT2D eigenvalue weighted by Crippen LogP contribution is -2.19. The Balaban J connectivity index is 3.49. The lowest BCUT2D eigenvalue weighted by molar-refractivity contribution is 0.338. The summed E-state index contributed by atoms with van der Waals surface area (Å²) in [5, 5.41) is 0.813. The zero-order chi connectivity index (χ0) is 10.6. The van der Waals surface area contributed by atoms with Crippen LogP contribution in [-0.4, -0.2) is 49.1 Å². The van der Waals surface area contributed by atoms with Crippen LogP contribution in [-0.2, 0) is 13.3 Å². The van der Waals surface area contributed by atoms with Crippen LogP contribution >= 0.6 is 0 Å². The monoisotopic (exact) mass is 252 g/mol. The maximum atomic E-state index is 5.58. The van der Waals surface area contributed by atoms with Crippen LogP contribution in [0.5, 0.6) is 0 Å². The Morgan fingerprint density at radius 3 is 1.79 bits per heavy atom. The molecule has 0 heterocycles. The molecule has 0 aromatic carbocycles. The van der Waals surface area contributed by atoms with Crippen molar-refractivity contribution in [2.24, 2.45) is 0 Å². The van der Waals surface area contributed by atoms with E-state index in [-0.39, 0.29) is 29.3 Å². The summed E-state index contributed by atoms with van der Waals surface area (Å²) in [5.74, 6) is 0. The Kier molecular flexibility index (Phi) is 12.0. The molecule has 0 amide bonds. The first-order chi connectivity index (χ1) is 6.85. The van der Waals surface area contributed by atoms with Gasteiger partial charge in [0.25, 0.3) is 0 Å². The lowest BCUT2D eigenvalue weighted by Gasteiger charge is -2.14. The first kappa shape index (κ1) is 14.5. The number of hydrogen-bond donors (Lipinski definition) is 0. The Labute approximate surface area is 94.7 Å². The molecule has 86 valence electrons. The van der Waals surface area contributed by atoms with E-state index in [2.05, 4.69) is 20.8 Å². The highest BCUT2D eigenvalue weighted by Crippen LogP contribution is 2.08. The van der Waals surface area contributed by atoms with Crippen molar-refractivity contribution in [3.63, 3.8) is 0 Å². The van der Waals surface area contributed by atoms with Gasteiger partial charge in [-0.2, -0.15) is 0 Å². The van der Waals surface area contributed by atoms with Crippen LogP contribution in [0.2, 0.25) is 11.2 Å². The minimum absolute atomic E-state index is 0.283. The summed E-state index contributed by atoms with van der Waals surface area (Å²) in [6.07, 6.45) is 0. The van der Waals surface area contributed by atoms with E-state index in [1.165, 1.54) is 6.04 Å². The Hall–Kier alpha value is 0.531. The van der Waals surface area contributed by atoms with E-state index in [1.54, 1.807) is 0 Å². The zero-order valence-corrected chi connectivity index (χ0v) is 14.0. The lowest BCUT2D eigenvalue weighted by atomic mass is 10.9. The maximum Gasteiger partial charge on any atom is 0.163 e. The van der Waals surface area contributed by atoms with Crippen LogP contribution in [0.1, 0.15) is 20.8 Å². The molecule has 0 saturated heterocycles. The number of rotatable bonds is 10. The van der Waals surface area contributed by atoms with Crippen molar-refractivity contribution in [3.8, 4) is 0 Å². The molecule has 0 unspecified atom stereocenters. The van der Waals surface area contributed by atoms with Crippen molar-refractivity contribution in [1.82, 2.24) is 0 Å². The largest absolute Gasteiger partial charge is 0.424 e. The van der Waals surface area contributed by atoms with Gasteiger partial charge in [-0.15, -0.1) is 0 Å². The van der Waals surface area contributed by atoms with Crippen molar-refractivity contribution in [1.29, 1.82) is 0 Å². The van der Waals surface area contributed by atoms with E-state index in [1.807, 2.05) is 0 Å². The van der Waals surface area contributed by atoms with Gasteiger partial charge in [-0.3, -0.25) is 0 Å². The fraction of sp³-hybridized carbons (Fsp3) is 1.00. The SMILES string of the molecule is CCO[SiH2]CC([SiH2]OCC)[SiH2]OCC. The normalized spacial score (nSPS) is 15.6. The van der Waals surface area contributed by atoms with Crippen LogP contribution in [0.15, 0.2) is 0 Å². The number of hydrogen-bond acceptors (Lipinski definition) is 3. The molecule has 6 heteroatoms. The molecule has 0 bridgehead atoms. The van der Waals surface area contributed by atoms with Crippen molar-refractivity contribution < 1.29 is 13.3 Å². The van der Waals surface area contributed by atoms with Crippen LogP contribution in [0.4, 0.5) is 0 Å². The second-order valence-corrected chi connectivity index (χ2v) is 9.51. The third-order valence-corrected chi connectivity index (χ3v) is 9.83. The molecule has 0 aliphatic heterocycles. The average Bonchev–Trinajstić information content (AvgIpc) is 2.21. The van der Waals surface area contributed by atoms with Crippen LogP contribution in [0, 0.1) is 0 Å². The quantitative estimate of drug-likeness (QED) is 0.388. The van der Waals surface area contributed by atoms with Crippen LogP contribution in [0.3, 0.4) is 0 Å². The summed E-state index contributed by atoms with van der Waals surface area (Å²) in [5.41, 5.74) is 0. The van der Waals surface area contributed by atoms with Crippen molar-refractivity contribution in [2.45, 2.75) is 32.0 Å². The molecule has 0 rings (SSSR count). The molecule has 14 heavy (non-hydrogen) atoms. The van der Waals surface area contributed by atoms with E-state index in [4.69, 9.17) is 13.3 Å². The minimum atomic E-state index is -0.332. The fourth-order valence-electron chi connectivity index (χ4n) is 1.18. The molecule has 0 radical (unpaired) electrons. The van der Waals surface area contributed by atoms with E-state index < -0.39 is 0 Å². The summed E-state index contributed by atoms with van der Waals surface area (Å²) < 4.78 is 16.7. The molecule has 0 atom stereocenters. The van der Waals surface area contributed by atoms with Crippen molar-refractivity contribution in [2.75, 3.05) is 19.8 Å². The van der Waals surface area contributed by atoms with Crippen molar-refractivity contribution >= 4 is 29.3 Å². The third-order valence-electron chi connectivity index (χ3n) is 1.99. The average molecular weight is 253 g/mol. The smallest absolute Gasteiger partial charge is 0.163 e. The Morgan fingerprint density at radius 1 is 0.857 bits per heavy atom. The molecule has 0 aromatic rings. The molecule has 0 N–H and O–H groups in total. The highest BCUT2D eigenvalue weighted by atomic mass is 28.3. The first-order valence-electron chi connectivity index (χ1n) is 5.58. The van der Waals surface area contributed by atoms with E-state index >= 15 is 0 Å². The fourth-order valence-corrected chi connectivity index (χ4v) is 6.82. The second kappa shape index (κ2) is 11.6. The topological polar surface area (TPSA) is 27.7 Å². The van der Waals surface area contributed by atoms with Gasteiger partial charge >= 0.3 is 0 Å². The molecule has 0 spiro atoms. The molecule has 0 saturated carbocycles. The summed E-state index contributed by atoms with van der Waals surface area (Å²) in [7, 11) is -0.946. The van der Waals surface area contributed by atoms with Gasteiger partial charge in [0.2, 0.25) is 0 Å². The molecule has 3 nitrogen and oxygen atoms in total. The molecule has 0 aliphatic rings. The molecule has 0 fully saturated rings. The summed E-state index contributed by atoms with van der Waals surface area (Å²) in [6.45, 7) is 8.85. The van der Waals surface area contributed by atoms with Crippen LogP contribution < -0.4 is 0 Å². The van der Waals surface area contributed by atoms with Gasteiger partial charge in [0.15, 0.2) is 29.3 Å². The molecule has 0 aromatic heterocycles. The van der Waals surface area contributed by atoms with E-state index in [0.717, 1.165) is 25.0 Å². The van der Waals surface area contributed by atoms with Gasteiger partial charge in [0.1, 0.15) is 0 Å². The van der Waals surface area contributed by atoms with Crippen molar-refractivity contribution in [3.05, 3.63) is 0 Å². The first-order valence-corrected chi connectivity index (χ1v) is 9.94. The highest BCUT2D eigenvalue weighted by Gasteiger charge is 2.11. The summed E-state index contributed by atoms with van der Waals surface area (Å²) in [4.78, 5) is 0. The minimum Gasteiger partial charge on any atom is -0.424 e.